The van der Waals surface area contributed by atoms with Crippen LogP contribution in [0.3, 0.4) is 0 Å². The Morgan fingerprint density at radius 3 is 2.67 bits per heavy atom. The average Bonchev–Trinajstić information content (AvgIpc) is 2.04. The lowest BCUT2D eigenvalue weighted by atomic mass is 10.1. The van der Waals surface area contributed by atoms with E-state index in [-0.39, 0.29) is 6.04 Å². The van der Waals surface area contributed by atoms with Gasteiger partial charge in [0.1, 0.15) is 4.60 Å². The monoisotopic (exact) mass is 230 g/mol. The van der Waals surface area contributed by atoms with E-state index in [0.29, 0.717) is 0 Å². The second-order valence-corrected chi connectivity index (χ2v) is 3.49. The Kier molecular flexibility index (Phi) is 3.20. The van der Waals surface area contributed by atoms with Gasteiger partial charge in [0.05, 0.1) is 12.1 Å². The van der Waals surface area contributed by atoms with Crippen LogP contribution in [-0.4, -0.2) is 16.2 Å². The van der Waals surface area contributed by atoms with Crippen molar-refractivity contribution in [2.75, 3.05) is 0 Å². The minimum absolute atomic E-state index is 0.356. The first-order valence-corrected chi connectivity index (χ1v) is 4.45. The van der Waals surface area contributed by atoms with Gasteiger partial charge < -0.3 is 10.8 Å². The number of aromatic nitrogens is 1. The van der Waals surface area contributed by atoms with Gasteiger partial charge in [0, 0.05) is 6.20 Å². The Hall–Kier alpha value is -0.450. The molecule has 66 valence electrons. The predicted molar refractivity (Wildman–Crippen MR) is 50.5 cm³/mol. The van der Waals surface area contributed by atoms with E-state index in [1.165, 1.54) is 0 Å². The van der Waals surface area contributed by atoms with Crippen molar-refractivity contribution in [3.8, 4) is 0 Å². The summed E-state index contributed by atoms with van der Waals surface area (Å²) in [6, 6.07) is 3.29. The maximum atomic E-state index is 9.18. The number of nitrogens with two attached hydrogens (primary N) is 1. The summed E-state index contributed by atoms with van der Waals surface area (Å²) in [5, 5.41) is 9.18. The summed E-state index contributed by atoms with van der Waals surface area (Å²) in [6.07, 6.45) is 1.11. The van der Waals surface area contributed by atoms with Gasteiger partial charge in [0.25, 0.3) is 0 Å². The highest BCUT2D eigenvalue weighted by Gasteiger charge is 2.11. The Balaban J connectivity index is 2.82. The summed E-state index contributed by atoms with van der Waals surface area (Å²) in [5.41, 5.74) is 6.52. The molecule has 0 bridgehead atoms. The first-order valence-electron chi connectivity index (χ1n) is 3.66. The minimum Gasteiger partial charge on any atom is -0.391 e. The molecule has 3 N–H and O–H groups in total. The standard InChI is InChI=1S/C8H11BrN2O/c1-5(12)8(10)6-2-3-7(9)11-4-6/h2-5,8,12H,10H2,1H3/t5-,8-/m1/s1. The molecule has 0 amide bonds. The number of halogens is 1. The first kappa shape index (κ1) is 9.64. The molecular formula is C8H11BrN2O. The van der Waals surface area contributed by atoms with Gasteiger partial charge in [-0.1, -0.05) is 6.07 Å². The Morgan fingerprint density at radius 2 is 2.25 bits per heavy atom. The van der Waals surface area contributed by atoms with Crippen LogP contribution < -0.4 is 5.73 Å². The molecule has 0 aliphatic carbocycles. The lowest BCUT2D eigenvalue weighted by molar-refractivity contribution is 0.164. The molecule has 4 heteroatoms. The second kappa shape index (κ2) is 3.98. The third-order valence-electron chi connectivity index (χ3n) is 1.65. The number of hydrogen-bond donors (Lipinski definition) is 2. The number of nitrogens with zero attached hydrogens (tertiary/aromatic N) is 1. The highest BCUT2D eigenvalue weighted by molar-refractivity contribution is 9.10. The third kappa shape index (κ3) is 2.27. The number of aliphatic hydroxyl groups excluding tert-OH is 1. The molecule has 1 rings (SSSR count). The molecule has 0 unspecified atom stereocenters. The Labute approximate surface area is 79.7 Å². The zero-order chi connectivity index (χ0) is 9.14. The van der Waals surface area contributed by atoms with E-state index in [0.717, 1.165) is 10.2 Å². The smallest absolute Gasteiger partial charge is 0.106 e. The van der Waals surface area contributed by atoms with Crippen LogP contribution in [0.25, 0.3) is 0 Å². The van der Waals surface area contributed by atoms with Crippen LogP contribution in [0.5, 0.6) is 0 Å². The van der Waals surface area contributed by atoms with Crippen molar-refractivity contribution in [1.29, 1.82) is 0 Å². The van der Waals surface area contributed by atoms with Crippen molar-refractivity contribution in [2.24, 2.45) is 5.73 Å². The Bertz CT molecular complexity index is 248. The van der Waals surface area contributed by atoms with Gasteiger partial charge in [-0.05, 0) is 34.5 Å². The van der Waals surface area contributed by atoms with E-state index in [2.05, 4.69) is 20.9 Å². The molecule has 0 aliphatic rings. The zero-order valence-corrected chi connectivity index (χ0v) is 8.32. The van der Waals surface area contributed by atoms with E-state index in [9.17, 15) is 5.11 Å². The zero-order valence-electron chi connectivity index (χ0n) is 6.74. The van der Waals surface area contributed by atoms with Crippen molar-refractivity contribution >= 4 is 15.9 Å². The van der Waals surface area contributed by atoms with Crippen molar-refractivity contribution in [1.82, 2.24) is 4.98 Å². The number of aliphatic hydroxyl groups is 1. The molecule has 2 atom stereocenters. The van der Waals surface area contributed by atoms with Crippen molar-refractivity contribution in [3.63, 3.8) is 0 Å². The fourth-order valence-electron chi connectivity index (χ4n) is 0.863. The summed E-state index contributed by atoms with van der Waals surface area (Å²) in [4.78, 5) is 4.01. The van der Waals surface area contributed by atoms with Gasteiger partial charge in [-0.25, -0.2) is 4.98 Å². The first-order chi connectivity index (χ1) is 5.61. The van der Waals surface area contributed by atoms with E-state index in [1.54, 1.807) is 19.2 Å². The fourth-order valence-corrected chi connectivity index (χ4v) is 1.10. The van der Waals surface area contributed by atoms with Gasteiger partial charge in [-0.15, -0.1) is 0 Å². The fraction of sp³-hybridized carbons (Fsp3) is 0.375. The van der Waals surface area contributed by atoms with Crippen molar-refractivity contribution in [2.45, 2.75) is 19.1 Å². The maximum absolute atomic E-state index is 9.18. The molecule has 1 aromatic rings. The molecule has 1 heterocycles. The summed E-state index contributed by atoms with van der Waals surface area (Å²) in [6.45, 7) is 1.66. The van der Waals surface area contributed by atoms with E-state index in [1.807, 2.05) is 6.07 Å². The van der Waals surface area contributed by atoms with Crippen LogP contribution in [-0.2, 0) is 0 Å². The quantitative estimate of drug-likeness (QED) is 0.752. The van der Waals surface area contributed by atoms with Gasteiger partial charge in [0.15, 0.2) is 0 Å². The number of rotatable bonds is 2. The topological polar surface area (TPSA) is 59.1 Å². The Morgan fingerprint density at radius 1 is 1.58 bits per heavy atom. The molecule has 0 saturated carbocycles. The normalized spacial score (nSPS) is 15.7. The largest absolute Gasteiger partial charge is 0.391 e. The molecule has 0 aromatic carbocycles. The molecule has 0 saturated heterocycles. The molecule has 12 heavy (non-hydrogen) atoms. The van der Waals surface area contributed by atoms with Crippen LogP contribution in [0, 0.1) is 0 Å². The lowest BCUT2D eigenvalue weighted by Gasteiger charge is -2.13. The van der Waals surface area contributed by atoms with E-state index in [4.69, 9.17) is 5.73 Å². The van der Waals surface area contributed by atoms with Crippen LogP contribution in [0.15, 0.2) is 22.9 Å². The summed E-state index contributed by atoms with van der Waals surface area (Å²) in [7, 11) is 0. The molecule has 0 spiro atoms. The predicted octanol–water partition coefficient (Wildman–Crippen LogP) is 1.22. The van der Waals surface area contributed by atoms with Crippen LogP contribution >= 0.6 is 15.9 Å². The van der Waals surface area contributed by atoms with Crippen molar-refractivity contribution in [3.05, 3.63) is 28.5 Å². The molecule has 0 radical (unpaired) electrons. The molecule has 0 aliphatic heterocycles. The van der Waals surface area contributed by atoms with Gasteiger partial charge >= 0.3 is 0 Å². The van der Waals surface area contributed by atoms with Crippen LogP contribution in [0.4, 0.5) is 0 Å². The molecule has 3 nitrogen and oxygen atoms in total. The van der Waals surface area contributed by atoms with Gasteiger partial charge in [0.2, 0.25) is 0 Å². The maximum Gasteiger partial charge on any atom is 0.106 e. The number of hydrogen-bond acceptors (Lipinski definition) is 3. The number of pyridine rings is 1. The summed E-state index contributed by atoms with van der Waals surface area (Å²) >= 11 is 3.22. The van der Waals surface area contributed by atoms with Crippen LogP contribution in [0.2, 0.25) is 0 Å². The summed E-state index contributed by atoms with van der Waals surface area (Å²) in [5.74, 6) is 0. The average molecular weight is 231 g/mol. The molecule has 1 aromatic heterocycles. The van der Waals surface area contributed by atoms with E-state index < -0.39 is 6.10 Å². The summed E-state index contributed by atoms with van der Waals surface area (Å²) < 4.78 is 0.768. The SMILES string of the molecule is C[C@@H](O)[C@@H](N)c1ccc(Br)nc1. The molecule has 0 fully saturated rings. The highest BCUT2D eigenvalue weighted by atomic mass is 79.9. The second-order valence-electron chi connectivity index (χ2n) is 2.68. The highest BCUT2D eigenvalue weighted by Crippen LogP contribution is 2.14. The minimum atomic E-state index is -0.548. The lowest BCUT2D eigenvalue weighted by Crippen LogP contribution is -2.23. The van der Waals surface area contributed by atoms with Gasteiger partial charge in [-0.3, -0.25) is 0 Å². The van der Waals surface area contributed by atoms with Crippen molar-refractivity contribution < 1.29 is 5.11 Å². The third-order valence-corrected chi connectivity index (χ3v) is 2.12. The van der Waals surface area contributed by atoms with E-state index >= 15 is 0 Å². The van der Waals surface area contributed by atoms with Gasteiger partial charge in [-0.2, -0.15) is 0 Å². The molecular weight excluding hydrogens is 220 g/mol. The van der Waals surface area contributed by atoms with Crippen LogP contribution in [0.1, 0.15) is 18.5 Å².